The highest BCUT2D eigenvalue weighted by molar-refractivity contribution is 5.67. The van der Waals surface area contributed by atoms with Crippen molar-refractivity contribution < 1.29 is 28.4 Å². The van der Waals surface area contributed by atoms with E-state index in [-0.39, 0.29) is 11.5 Å². The molecule has 0 amide bonds. The average Bonchev–Trinajstić information content (AvgIpc) is 2.74. The lowest BCUT2D eigenvalue weighted by molar-refractivity contribution is -0.137. The van der Waals surface area contributed by atoms with Crippen LogP contribution in [0.3, 0.4) is 0 Å². The highest BCUT2D eigenvalue weighted by atomic mass is 19.3. The van der Waals surface area contributed by atoms with E-state index < -0.39 is 6.61 Å². The normalized spacial score (nSPS) is 10.7. The number of alkyl halides is 2. The zero-order valence-corrected chi connectivity index (χ0v) is 15.7. The Labute approximate surface area is 166 Å². The number of rotatable bonds is 9. The Morgan fingerprint density at radius 2 is 1.79 bits per heavy atom. The van der Waals surface area contributed by atoms with Gasteiger partial charge in [-0.3, -0.25) is 4.98 Å². The minimum atomic E-state index is -2.95. The second-order valence-electron chi connectivity index (χ2n) is 5.98. The van der Waals surface area contributed by atoms with Gasteiger partial charge in [0.1, 0.15) is 0 Å². The number of nitrogens with zero attached hydrogens (tertiary/aromatic N) is 2. The maximum atomic E-state index is 12.7. The molecule has 8 heteroatoms. The molecule has 152 valence electrons. The molecule has 0 unspecified atom stereocenters. The first-order valence-corrected chi connectivity index (χ1v) is 8.90. The predicted octanol–water partition coefficient (Wildman–Crippen LogP) is 5.27. The molecular weight excluding hydrogens is 382 g/mol. The average molecular weight is 402 g/mol. The molecule has 29 heavy (non-hydrogen) atoms. The fraction of sp³-hybridized carbons (Fsp3) is 0.190. The van der Waals surface area contributed by atoms with E-state index in [1.165, 1.54) is 6.07 Å². The lowest BCUT2D eigenvalue weighted by atomic mass is 10.1. The van der Waals surface area contributed by atoms with Crippen LogP contribution in [0.5, 0.6) is 17.2 Å². The Kier molecular flexibility index (Phi) is 6.80. The largest absolute Gasteiger partial charge is 0.490 e. The molecule has 0 atom stereocenters. The van der Waals surface area contributed by atoms with E-state index in [0.29, 0.717) is 24.6 Å². The highest BCUT2D eigenvalue weighted by Gasteiger charge is 2.16. The van der Waals surface area contributed by atoms with Crippen molar-refractivity contribution in [2.45, 2.75) is 20.1 Å². The summed E-state index contributed by atoms with van der Waals surface area (Å²) in [7, 11) is 0. The molecule has 0 aliphatic heterocycles. The van der Waals surface area contributed by atoms with Crippen LogP contribution in [-0.4, -0.2) is 23.5 Å². The molecule has 1 heterocycles. The van der Waals surface area contributed by atoms with Gasteiger partial charge in [-0.05, 0) is 55.0 Å². The summed E-state index contributed by atoms with van der Waals surface area (Å²) in [5, 5.41) is 8.80. The quantitative estimate of drug-likeness (QED) is 0.389. The number of aromatic nitrogens is 1. The van der Waals surface area contributed by atoms with Crippen LogP contribution in [0.4, 0.5) is 20.2 Å². The lowest BCUT2D eigenvalue weighted by Gasteiger charge is -2.26. The number of benzene rings is 2. The van der Waals surface area contributed by atoms with E-state index in [1.807, 2.05) is 17.0 Å². The van der Waals surface area contributed by atoms with Crippen LogP contribution in [0, 0.1) is 0 Å². The SMILES string of the molecule is CCOc1cc(N(Cc2cccnc2)c2ccc(OO)cc2)ccc1OC(F)F. The van der Waals surface area contributed by atoms with Gasteiger partial charge in [-0.25, -0.2) is 5.26 Å². The van der Waals surface area contributed by atoms with Crippen LogP contribution < -0.4 is 19.3 Å². The summed E-state index contributed by atoms with van der Waals surface area (Å²) in [5.74, 6) is 0.485. The fourth-order valence-electron chi connectivity index (χ4n) is 2.82. The van der Waals surface area contributed by atoms with Gasteiger partial charge in [0.05, 0.1) is 6.61 Å². The number of pyridine rings is 1. The van der Waals surface area contributed by atoms with Crippen molar-refractivity contribution in [2.24, 2.45) is 0 Å². The molecule has 0 saturated heterocycles. The molecule has 0 spiro atoms. The third-order valence-electron chi connectivity index (χ3n) is 4.07. The lowest BCUT2D eigenvalue weighted by Crippen LogP contribution is -2.17. The van der Waals surface area contributed by atoms with Crippen LogP contribution in [0.25, 0.3) is 0 Å². The van der Waals surface area contributed by atoms with Gasteiger partial charge < -0.3 is 19.3 Å². The third-order valence-corrected chi connectivity index (χ3v) is 4.07. The van der Waals surface area contributed by atoms with Gasteiger partial charge in [-0.15, -0.1) is 0 Å². The van der Waals surface area contributed by atoms with E-state index >= 15 is 0 Å². The van der Waals surface area contributed by atoms with Gasteiger partial charge >= 0.3 is 6.61 Å². The molecule has 0 aliphatic rings. The van der Waals surface area contributed by atoms with Gasteiger partial charge in [0, 0.05) is 36.4 Å². The van der Waals surface area contributed by atoms with Crippen molar-refractivity contribution in [3.8, 4) is 17.2 Å². The Morgan fingerprint density at radius 3 is 2.41 bits per heavy atom. The van der Waals surface area contributed by atoms with Crippen LogP contribution in [0.15, 0.2) is 67.0 Å². The topological polar surface area (TPSA) is 64.1 Å². The maximum Gasteiger partial charge on any atom is 0.387 e. The van der Waals surface area contributed by atoms with Crippen LogP contribution in [0.1, 0.15) is 12.5 Å². The Morgan fingerprint density at radius 1 is 1.03 bits per heavy atom. The van der Waals surface area contributed by atoms with E-state index in [9.17, 15) is 8.78 Å². The third kappa shape index (κ3) is 5.32. The number of hydrogen-bond donors (Lipinski definition) is 1. The van der Waals surface area contributed by atoms with Crippen molar-refractivity contribution in [1.82, 2.24) is 4.98 Å². The number of anilines is 2. The standard InChI is InChI=1S/C21H20F2N2O4/c1-2-27-20-12-17(7-10-19(20)28-21(22)23)25(14-15-4-3-11-24-13-15)16-5-8-18(29-26)9-6-16/h3-13,21,26H,2,14H2,1H3. The first-order valence-electron chi connectivity index (χ1n) is 8.90. The molecule has 6 nitrogen and oxygen atoms in total. The first kappa shape index (κ1) is 20.3. The molecule has 0 fully saturated rings. The second kappa shape index (κ2) is 9.70. The summed E-state index contributed by atoms with van der Waals surface area (Å²) in [5.41, 5.74) is 2.44. The van der Waals surface area contributed by atoms with E-state index in [4.69, 9.17) is 9.99 Å². The smallest absolute Gasteiger partial charge is 0.387 e. The summed E-state index contributed by atoms with van der Waals surface area (Å²) in [6.45, 7) is -0.417. The summed E-state index contributed by atoms with van der Waals surface area (Å²) in [6.07, 6.45) is 3.43. The number of halogens is 2. The van der Waals surface area contributed by atoms with Crippen LogP contribution in [0.2, 0.25) is 0 Å². The van der Waals surface area contributed by atoms with Crippen LogP contribution in [-0.2, 0) is 6.54 Å². The summed E-state index contributed by atoms with van der Waals surface area (Å²) < 4.78 is 35.4. The monoisotopic (exact) mass is 402 g/mol. The van der Waals surface area contributed by atoms with Crippen molar-refractivity contribution >= 4 is 11.4 Å². The summed E-state index contributed by atoms with van der Waals surface area (Å²) in [4.78, 5) is 10.3. The zero-order valence-electron chi connectivity index (χ0n) is 15.7. The molecule has 3 aromatic rings. The number of hydrogen-bond acceptors (Lipinski definition) is 6. The Bertz CT molecular complexity index is 908. The fourth-order valence-corrected chi connectivity index (χ4v) is 2.82. The van der Waals surface area contributed by atoms with Gasteiger partial charge in [0.2, 0.25) is 0 Å². The molecule has 0 radical (unpaired) electrons. The maximum absolute atomic E-state index is 12.7. The van der Waals surface area contributed by atoms with Gasteiger partial charge in [-0.2, -0.15) is 8.78 Å². The van der Waals surface area contributed by atoms with E-state index in [2.05, 4.69) is 14.6 Å². The van der Waals surface area contributed by atoms with E-state index in [0.717, 1.165) is 11.3 Å². The van der Waals surface area contributed by atoms with Gasteiger partial charge in [-0.1, -0.05) is 6.07 Å². The second-order valence-corrected chi connectivity index (χ2v) is 5.98. The minimum Gasteiger partial charge on any atom is -0.490 e. The molecule has 2 aromatic carbocycles. The minimum absolute atomic E-state index is 0.0315. The molecule has 0 bridgehead atoms. The zero-order chi connectivity index (χ0) is 20.6. The molecule has 1 N–H and O–H groups in total. The molecule has 3 rings (SSSR count). The summed E-state index contributed by atoms with van der Waals surface area (Å²) in [6, 6.07) is 15.3. The predicted molar refractivity (Wildman–Crippen MR) is 104 cm³/mol. The summed E-state index contributed by atoms with van der Waals surface area (Å²) >= 11 is 0. The molecule has 0 saturated carbocycles. The molecule has 1 aromatic heterocycles. The molecule has 0 aliphatic carbocycles. The van der Waals surface area contributed by atoms with Crippen molar-refractivity contribution in [3.05, 3.63) is 72.6 Å². The Hall–Kier alpha value is -3.39. The number of ether oxygens (including phenoxy) is 2. The van der Waals surface area contributed by atoms with Crippen molar-refractivity contribution in [3.63, 3.8) is 0 Å². The van der Waals surface area contributed by atoms with Crippen LogP contribution >= 0.6 is 0 Å². The van der Waals surface area contributed by atoms with Gasteiger partial charge in [0.25, 0.3) is 0 Å². The highest BCUT2D eigenvalue weighted by Crippen LogP contribution is 2.37. The van der Waals surface area contributed by atoms with Crippen molar-refractivity contribution in [2.75, 3.05) is 11.5 Å². The Balaban J connectivity index is 2.01. The van der Waals surface area contributed by atoms with Gasteiger partial charge in [0.15, 0.2) is 17.2 Å². The molecular formula is C21H20F2N2O4. The van der Waals surface area contributed by atoms with Crippen molar-refractivity contribution in [1.29, 1.82) is 0 Å². The first-order chi connectivity index (χ1) is 14.1. The van der Waals surface area contributed by atoms with E-state index in [1.54, 1.807) is 55.7 Å².